The van der Waals surface area contributed by atoms with Crippen LogP contribution in [0.1, 0.15) is 48.6 Å². The lowest BCUT2D eigenvalue weighted by Crippen LogP contribution is -2.39. The molecule has 0 spiro atoms. The molecule has 1 aliphatic heterocycles. The second kappa shape index (κ2) is 10.3. The molecule has 2 heterocycles. The maximum absolute atomic E-state index is 13.0. The molecule has 2 aromatic rings. The van der Waals surface area contributed by atoms with E-state index in [0.717, 1.165) is 11.3 Å². The Bertz CT molecular complexity index is 985. The summed E-state index contributed by atoms with van der Waals surface area (Å²) in [5.41, 5.74) is 1.79. The molecule has 2 amide bonds. The number of hydrogen-bond donors (Lipinski definition) is 2. The summed E-state index contributed by atoms with van der Waals surface area (Å²) in [6.07, 6.45) is 1.10. The SMILES string of the molecule is Cc1nc(C(=O)N2CCCN(C(=O)CC(C)C)c3ccccc3CNCC2)cc(=O)[nH]1. The molecule has 0 atom stereocenters. The van der Waals surface area contributed by atoms with Gasteiger partial charge in [0.25, 0.3) is 11.5 Å². The van der Waals surface area contributed by atoms with Crippen LogP contribution >= 0.6 is 0 Å². The zero-order valence-electron chi connectivity index (χ0n) is 18.5. The number of carbonyl (C=O) groups is 2. The van der Waals surface area contributed by atoms with E-state index in [0.29, 0.717) is 51.4 Å². The smallest absolute Gasteiger partial charge is 0.272 e. The summed E-state index contributed by atoms with van der Waals surface area (Å²) >= 11 is 0. The van der Waals surface area contributed by atoms with Gasteiger partial charge in [-0.3, -0.25) is 14.4 Å². The molecule has 1 aromatic carbocycles. The van der Waals surface area contributed by atoms with Crippen molar-refractivity contribution in [1.29, 1.82) is 0 Å². The van der Waals surface area contributed by atoms with Crippen molar-refractivity contribution >= 4 is 17.5 Å². The highest BCUT2D eigenvalue weighted by Crippen LogP contribution is 2.23. The van der Waals surface area contributed by atoms with Gasteiger partial charge >= 0.3 is 0 Å². The highest BCUT2D eigenvalue weighted by atomic mass is 16.2. The molecule has 1 aliphatic rings. The third-order valence-electron chi connectivity index (χ3n) is 5.22. The molecule has 0 aliphatic carbocycles. The molecule has 3 rings (SSSR count). The zero-order chi connectivity index (χ0) is 22.4. The molecular weight excluding hydrogens is 394 g/mol. The van der Waals surface area contributed by atoms with Gasteiger partial charge in [0.15, 0.2) is 0 Å². The van der Waals surface area contributed by atoms with Crippen molar-refractivity contribution in [2.45, 2.75) is 40.2 Å². The number of H-pyrrole nitrogens is 1. The van der Waals surface area contributed by atoms with Crippen molar-refractivity contribution < 1.29 is 9.59 Å². The number of amides is 2. The third-order valence-corrected chi connectivity index (χ3v) is 5.22. The highest BCUT2D eigenvalue weighted by Gasteiger charge is 2.23. The van der Waals surface area contributed by atoms with Gasteiger partial charge in [-0.1, -0.05) is 32.0 Å². The van der Waals surface area contributed by atoms with Gasteiger partial charge in [-0.25, -0.2) is 4.98 Å². The van der Waals surface area contributed by atoms with Gasteiger partial charge in [0.2, 0.25) is 5.91 Å². The number of carbonyl (C=O) groups excluding carboxylic acids is 2. The Morgan fingerprint density at radius 1 is 1.16 bits per heavy atom. The fourth-order valence-electron chi connectivity index (χ4n) is 3.79. The molecule has 1 aromatic heterocycles. The summed E-state index contributed by atoms with van der Waals surface area (Å²) in [6, 6.07) is 9.18. The minimum atomic E-state index is -0.340. The number of rotatable bonds is 3. The van der Waals surface area contributed by atoms with Crippen LogP contribution in [0.4, 0.5) is 5.69 Å². The van der Waals surface area contributed by atoms with E-state index in [1.807, 2.05) is 43.0 Å². The summed E-state index contributed by atoms with van der Waals surface area (Å²) in [5, 5.41) is 3.38. The summed E-state index contributed by atoms with van der Waals surface area (Å²) in [4.78, 5) is 48.1. The molecule has 166 valence electrons. The maximum atomic E-state index is 13.0. The Labute approximate surface area is 182 Å². The molecule has 31 heavy (non-hydrogen) atoms. The lowest BCUT2D eigenvalue weighted by atomic mass is 10.1. The number of aromatic amines is 1. The monoisotopic (exact) mass is 425 g/mol. The van der Waals surface area contributed by atoms with Crippen LogP contribution in [0.5, 0.6) is 0 Å². The van der Waals surface area contributed by atoms with E-state index in [2.05, 4.69) is 15.3 Å². The van der Waals surface area contributed by atoms with Crippen molar-refractivity contribution in [3.8, 4) is 0 Å². The van der Waals surface area contributed by atoms with E-state index in [1.165, 1.54) is 6.07 Å². The Morgan fingerprint density at radius 3 is 2.68 bits per heavy atom. The van der Waals surface area contributed by atoms with Crippen LogP contribution in [0.25, 0.3) is 0 Å². The largest absolute Gasteiger partial charge is 0.336 e. The molecule has 0 saturated heterocycles. The normalized spacial score (nSPS) is 15.4. The third kappa shape index (κ3) is 6.01. The molecular formula is C23H31N5O3. The molecule has 0 radical (unpaired) electrons. The van der Waals surface area contributed by atoms with Crippen LogP contribution in [-0.4, -0.2) is 52.9 Å². The van der Waals surface area contributed by atoms with E-state index in [4.69, 9.17) is 0 Å². The summed E-state index contributed by atoms with van der Waals surface area (Å²) in [7, 11) is 0. The fraction of sp³-hybridized carbons (Fsp3) is 0.478. The lowest BCUT2D eigenvalue weighted by molar-refractivity contribution is -0.119. The molecule has 8 nitrogen and oxygen atoms in total. The molecule has 0 unspecified atom stereocenters. The number of nitrogens with zero attached hydrogens (tertiary/aromatic N) is 3. The maximum Gasteiger partial charge on any atom is 0.272 e. The molecule has 2 N–H and O–H groups in total. The first-order chi connectivity index (χ1) is 14.8. The van der Waals surface area contributed by atoms with Crippen LogP contribution in [0, 0.1) is 12.8 Å². The van der Waals surface area contributed by atoms with Gasteiger partial charge in [-0.05, 0) is 30.9 Å². The highest BCUT2D eigenvalue weighted by molar-refractivity contribution is 5.94. The van der Waals surface area contributed by atoms with Gasteiger partial charge in [0, 0.05) is 50.9 Å². The number of anilines is 1. The number of hydrogen-bond acceptors (Lipinski definition) is 5. The average molecular weight is 426 g/mol. The summed E-state index contributed by atoms with van der Waals surface area (Å²) in [6.45, 7) is 8.42. The Morgan fingerprint density at radius 2 is 1.94 bits per heavy atom. The zero-order valence-corrected chi connectivity index (χ0v) is 18.5. The number of fused-ring (bicyclic) bond motifs is 1. The van der Waals surface area contributed by atoms with Gasteiger partial charge < -0.3 is 20.1 Å². The Hall–Kier alpha value is -3.00. The standard InChI is InChI=1S/C23H31N5O3/c1-16(2)13-22(30)28-11-6-10-27(23(31)19-14-21(29)26-17(3)25-19)12-9-24-15-18-7-4-5-8-20(18)28/h4-5,7-8,14,16,24H,6,9-13,15H2,1-3H3,(H,25,26,29). The molecule has 0 saturated carbocycles. The van der Waals surface area contributed by atoms with E-state index < -0.39 is 0 Å². The second-order valence-corrected chi connectivity index (χ2v) is 8.31. The van der Waals surface area contributed by atoms with E-state index >= 15 is 0 Å². The first-order valence-electron chi connectivity index (χ1n) is 10.8. The molecule has 0 fully saturated rings. The topological polar surface area (TPSA) is 98.4 Å². The van der Waals surface area contributed by atoms with Crippen molar-refractivity contribution in [2.75, 3.05) is 31.1 Å². The van der Waals surface area contributed by atoms with Gasteiger partial charge in [0.1, 0.15) is 11.5 Å². The van der Waals surface area contributed by atoms with Gasteiger partial charge in [-0.15, -0.1) is 0 Å². The minimum Gasteiger partial charge on any atom is -0.336 e. The Balaban J connectivity index is 1.83. The predicted molar refractivity (Wildman–Crippen MR) is 120 cm³/mol. The van der Waals surface area contributed by atoms with E-state index in [9.17, 15) is 14.4 Å². The number of nitrogens with one attached hydrogen (secondary N) is 2. The average Bonchev–Trinajstić information content (AvgIpc) is 2.75. The lowest BCUT2D eigenvalue weighted by Gasteiger charge is -2.27. The second-order valence-electron chi connectivity index (χ2n) is 8.31. The summed E-state index contributed by atoms with van der Waals surface area (Å²) in [5.74, 6) is 0.492. The quantitative estimate of drug-likeness (QED) is 0.785. The van der Waals surface area contributed by atoms with Crippen molar-refractivity contribution in [3.05, 3.63) is 57.8 Å². The van der Waals surface area contributed by atoms with Crippen LogP contribution in [0.2, 0.25) is 0 Å². The Kier molecular flexibility index (Phi) is 7.57. The number of aromatic nitrogens is 2. The fourth-order valence-corrected chi connectivity index (χ4v) is 3.79. The van der Waals surface area contributed by atoms with Crippen LogP contribution < -0.4 is 15.8 Å². The minimum absolute atomic E-state index is 0.0893. The molecule has 0 bridgehead atoms. The van der Waals surface area contributed by atoms with E-state index in [-0.39, 0.29) is 29.0 Å². The van der Waals surface area contributed by atoms with Crippen molar-refractivity contribution in [1.82, 2.24) is 20.2 Å². The van der Waals surface area contributed by atoms with E-state index in [1.54, 1.807) is 11.8 Å². The van der Waals surface area contributed by atoms with Gasteiger partial charge in [-0.2, -0.15) is 0 Å². The van der Waals surface area contributed by atoms with Crippen LogP contribution in [0.3, 0.4) is 0 Å². The number of aryl methyl sites for hydroxylation is 1. The summed E-state index contributed by atoms with van der Waals surface area (Å²) < 4.78 is 0. The number of para-hydroxylation sites is 1. The molecule has 8 heteroatoms. The van der Waals surface area contributed by atoms with Crippen LogP contribution in [-0.2, 0) is 11.3 Å². The van der Waals surface area contributed by atoms with Gasteiger partial charge in [0.05, 0.1) is 0 Å². The first kappa shape index (κ1) is 22.7. The number of benzene rings is 1. The predicted octanol–water partition coefficient (Wildman–Crippen LogP) is 2.09. The van der Waals surface area contributed by atoms with Crippen molar-refractivity contribution in [3.63, 3.8) is 0 Å². The van der Waals surface area contributed by atoms with Crippen LogP contribution in [0.15, 0.2) is 35.1 Å². The van der Waals surface area contributed by atoms with Crippen molar-refractivity contribution in [2.24, 2.45) is 5.92 Å². The first-order valence-corrected chi connectivity index (χ1v) is 10.8.